The lowest BCUT2D eigenvalue weighted by molar-refractivity contribution is -0.385. The zero-order valence-electron chi connectivity index (χ0n) is 20.0. The zero-order valence-corrected chi connectivity index (χ0v) is 22.4. The van der Waals surface area contributed by atoms with Crippen LogP contribution in [-0.2, 0) is 9.47 Å². The Morgan fingerprint density at radius 2 is 1.49 bits per heavy atom. The van der Waals surface area contributed by atoms with Crippen molar-refractivity contribution in [2.75, 3.05) is 29.2 Å². The molecule has 0 fully saturated rings. The summed E-state index contributed by atoms with van der Waals surface area (Å²) >= 11 is 4.74. The van der Waals surface area contributed by atoms with Gasteiger partial charge in [0, 0.05) is 60.4 Å². The smallest absolute Gasteiger partial charge is 0.316 e. The van der Waals surface area contributed by atoms with Gasteiger partial charge < -0.3 is 25.8 Å². The lowest BCUT2D eigenvalue weighted by Crippen LogP contribution is -2.19. The number of primary amides is 1. The van der Waals surface area contributed by atoms with Crippen LogP contribution < -0.4 is 16.4 Å². The van der Waals surface area contributed by atoms with Crippen LogP contribution in [0, 0.1) is 20.2 Å². The number of carbonyl (C=O) groups excluding carboxylic acids is 1. The number of nitrogens with zero attached hydrogens (tertiary/aromatic N) is 3. The number of nitrogens with two attached hydrogens (primary N) is 1. The number of aromatic nitrogens is 1. The van der Waals surface area contributed by atoms with Gasteiger partial charge in [0.05, 0.1) is 15.2 Å². The van der Waals surface area contributed by atoms with Gasteiger partial charge in [0.25, 0.3) is 11.4 Å². The first-order chi connectivity index (χ1) is 17.7. The van der Waals surface area contributed by atoms with Crippen molar-refractivity contribution in [1.82, 2.24) is 4.98 Å². The maximum Gasteiger partial charge on any atom is 0.316 e. The molecule has 0 atom stereocenters. The molecule has 1 aromatic heterocycles. The Kier molecular flexibility index (Phi) is 15.0. The molecule has 0 saturated heterocycles. The number of benzene rings is 2. The normalized spacial score (nSPS) is 9.84. The van der Waals surface area contributed by atoms with Gasteiger partial charge in [-0.1, -0.05) is 15.9 Å². The fourth-order valence-electron chi connectivity index (χ4n) is 2.39. The molecule has 1 heterocycles. The van der Waals surface area contributed by atoms with Crippen LogP contribution in [-0.4, -0.2) is 45.7 Å². The van der Waals surface area contributed by atoms with E-state index < -0.39 is 15.9 Å². The average Bonchev–Trinajstić information content (AvgIpc) is 3.38. The van der Waals surface area contributed by atoms with E-state index in [1.54, 1.807) is 18.3 Å². The standard InChI is InChI=1S/C9H7N3O2S.C7H7N3O3.C6H13BrO2/c13-12(14)8-3-1-7(2-4-8)11-9-10-5-6-15-9;8-7(11)9-5-1-3-6(4-2-5)10(12)13;1-3-8-6(5-7)9-4-2/h1-6H,(H,10,11);1-4H,(H3,8,9,11);6H,3-5H2,1-2H3. The minimum atomic E-state index is -0.700. The summed E-state index contributed by atoms with van der Waals surface area (Å²) in [7, 11) is 0. The third kappa shape index (κ3) is 13.3. The number of nitro benzene ring substituents is 2. The fraction of sp³-hybridized carbons (Fsp3) is 0.273. The lowest BCUT2D eigenvalue weighted by Gasteiger charge is -2.12. The Morgan fingerprint density at radius 3 is 1.84 bits per heavy atom. The number of carbonyl (C=O) groups is 1. The predicted octanol–water partition coefficient (Wildman–Crippen LogP) is 5.66. The van der Waals surface area contributed by atoms with Gasteiger partial charge in [-0.3, -0.25) is 20.2 Å². The molecule has 200 valence electrons. The molecule has 13 nitrogen and oxygen atoms in total. The summed E-state index contributed by atoms with van der Waals surface area (Å²) in [5.41, 5.74) is 6.11. The van der Waals surface area contributed by atoms with Crippen molar-refractivity contribution < 1.29 is 24.1 Å². The Labute approximate surface area is 225 Å². The minimum Gasteiger partial charge on any atom is -0.352 e. The summed E-state index contributed by atoms with van der Waals surface area (Å²) in [6.07, 6.45) is 1.62. The van der Waals surface area contributed by atoms with E-state index >= 15 is 0 Å². The maximum atomic E-state index is 10.4. The molecule has 37 heavy (non-hydrogen) atoms. The first-order valence-corrected chi connectivity index (χ1v) is 12.7. The highest BCUT2D eigenvalue weighted by Gasteiger charge is 2.05. The molecule has 15 heteroatoms. The van der Waals surface area contributed by atoms with Crippen LogP contribution in [0.15, 0.2) is 60.1 Å². The van der Waals surface area contributed by atoms with Crippen LogP contribution in [0.5, 0.6) is 0 Å². The second kappa shape index (κ2) is 17.7. The molecule has 0 saturated carbocycles. The summed E-state index contributed by atoms with van der Waals surface area (Å²) in [5, 5.41) is 29.3. The Hall–Kier alpha value is -3.66. The molecular formula is C22H27BrN6O7S. The molecule has 3 rings (SSSR count). The second-order valence-corrected chi connectivity index (χ2v) is 8.10. The minimum absolute atomic E-state index is 0.0324. The fourth-order valence-corrected chi connectivity index (χ4v) is 3.32. The number of urea groups is 1. The largest absolute Gasteiger partial charge is 0.352 e. The number of anilines is 3. The zero-order chi connectivity index (χ0) is 27.6. The second-order valence-electron chi connectivity index (χ2n) is 6.55. The van der Waals surface area contributed by atoms with E-state index in [1.165, 1.54) is 47.7 Å². The number of thiazole rings is 1. The summed E-state index contributed by atoms with van der Waals surface area (Å²) in [4.78, 5) is 34.1. The number of nitrogens with one attached hydrogen (secondary N) is 2. The average molecular weight is 599 g/mol. The highest BCUT2D eigenvalue weighted by atomic mass is 79.9. The molecule has 0 aliphatic heterocycles. The maximum absolute atomic E-state index is 10.4. The Bertz CT molecular complexity index is 1080. The SMILES string of the molecule is CCOC(CBr)OCC.NC(=O)Nc1ccc([N+](=O)[O-])cc1.O=[N+]([O-])c1ccc(Nc2nccs2)cc1. The summed E-state index contributed by atoms with van der Waals surface area (Å²) < 4.78 is 10.3. The highest BCUT2D eigenvalue weighted by molar-refractivity contribution is 9.09. The first-order valence-electron chi connectivity index (χ1n) is 10.7. The van der Waals surface area contributed by atoms with Crippen LogP contribution in [0.1, 0.15) is 13.8 Å². The van der Waals surface area contributed by atoms with Crippen molar-refractivity contribution in [2.45, 2.75) is 20.1 Å². The number of alkyl halides is 1. The van der Waals surface area contributed by atoms with E-state index in [0.29, 0.717) is 18.9 Å². The van der Waals surface area contributed by atoms with Crippen LogP contribution in [0.2, 0.25) is 0 Å². The van der Waals surface area contributed by atoms with Crippen LogP contribution in [0.25, 0.3) is 0 Å². The summed E-state index contributed by atoms with van der Waals surface area (Å²) in [6, 6.07) is 10.9. The number of hydrogen-bond donors (Lipinski definition) is 3. The van der Waals surface area contributed by atoms with Gasteiger partial charge in [0.1, 0.15) is 0 Å². The van der Waals surface area contributed by atoms with Gasteiger partial charge in [-0.2, -0.15) is 0 Å². The number of ether oxygens (including phenoxy) is 2. The van der Waals surface area contributed by atoms with Crippen LogP contribution in [0.3, 0.4) is 0 Å². The molecule has 0 aliphatic rings. The molecule has 0 unspecified atom stereocenters. The van der Waals surface area contributed by atoms with Crippen molar-refractivity contribution in [3.05, 3.63) is 80.3 Å². The number of halogens is 1. The third-order valence-electron chi connectivity index (χ3n) is 3.94. The molecule has 0 spiro atoms. The van der Waals surface area contributed by atoms with Crippen LogP contribution in [0.4, 0.5) is 32.7 Å². The number of hydrogen-bond acceptors (Lipinski definition) is 10. The van der Waals surface area contributed by atoms with E-state index in [4.69, 9.17) is 15.2 Å². The highest BCUT2D eigenvalue weighted by Crippen LogP contribution is 2.21. The van der Waals surface area contributed by atoms with Crippen molar-refractivity contribution >= 4 is 61.2 Å². The van der Waals surface area contributed by atoms with Crippen molar-refractivity contribution in [3.63, 3.8) is 0 Å². The number of non-ortho nitro benzene ring substituents is 2. The number of rotatable bonds is 10. The monoisotopic (exact) mass is 598 g/mol. The topological polar surface area (TPSA) is 185 Å². The molecule has 0 bridgehead atoms. The summed E-state index contributed by atoms with van der Waals surface area (Å²) in [6.45, 7) is 5.32. The molecule has 2 aromatic carbocycles. The summed E-state index contributed by atoms with van der Waals surface area (Å²) in [5.74, 6) is 0. The van der Waals surface area contributed by atoms with Gasteiger partial charge in [0.15, 0.2) is 11.4 Å². The Morgan fingerprint density at radius 1 is 1.00 bits per heavy atom. The van der Waals surface area contributed by atoms with E-state index in [2.05, 4.69) is 31.5 Å². The van der Waals surface area contributed by atoms with Gasteiger partial charge >= 0.3 is 6.03 Å². The molecular weight excluding hydrogens is 572 g/mol. The predicted molar refractivity (Wildman–Crippen MR) is 146 cm³/mol. The molecule has 0 aliphatic carbocycles. The van der Waals surface area contributed by atoms with E-state index in [-0.39, 0.29) is 17.7 Å². The number of amides is 2. The lowest BCUT2D eigenvalue weighted by atomic mass is 10.3. The molecule has 0 radical (unpaired) electrons. The quantitative estimate of drug-likeness (QED) is 0.114. The van der Waals surface area contributed by atoms with Crippen molar-refractivity contribution in [2.24, 2.45) is 5.73 Å². The third-order valence-corrected chi connectivity index (χ3v) is 5.16. The van der Waals surface area contributed by atoms with E-state index in [0.717, 1.165) is 16.1 Å². The van der Waals surface area contributed by atoms with Crippen molar-refractivity contribution in [1.29, 1.82) is 0 Å². The Balaban J connectivity index is 0.000000288. The molecule has 4 N–H and O–H groups in total. The molecule has 3 aromatic rings. The first kappa shape index (κ1) is 31.4. The van der Waals surface area contributed by atoms with Gasteiger partial charge in [-0.25, -0.2) is 9.78 Å². The van der Waals surface area contributed by atoms with E-state index in [9.17, 15) is 25.0 Å². The van der Waals surface area contributed by atoms with Crippen LogP contribution >= 0.6 is 27.3 Å². The van der Waals surface area contributed by atoms with Crippen molar-refractivity contribution in [3.8, 4) is 0 Å². The van der Waals surface area contributed by atoms with E-state index in [1.807, 2.05) is 19.2 Å². The van der Waals surface area contributed by atoms with Gasteiger partial charge in [-0.05, 0) is 38.1 Å². The molecule has 2 amide bonds. The van der Waals surface area contributed by atoms with Gasteiger partial charge in [0.2, 0.25) is 0 Å². The van der Waals surface area contributed by atoms with Gasteiger partial charge in [-0.15, -0.1) is 11.3 Å². The number of nitro groups is 2.